The van der Waals surface area contributed by atoms with Gasteiger partial charge >= 0.3 is 5.97 Å². The molecule has 0 aliphatic heterocycles. The topological polar surface area (TPSA) is 26.3 Å². The molecule has 76 valence electrons. The van der Waals surface area contributed by atoms with Gasteiger partial charge in [-0.2, -0.15) is 0 Å². The number of esters is 1. The largest absolute Gasteiger partial charge is 0.465 e. The number of ether oxygens (including phenoxy) is 1. The van der Waals surface area contributed by atoms with Crippen LogP contribution in [-0.2, 0) is 9.53 Å². The molecule has 0 spiro atoms. The number of allylic oxidation sites excluding steroid dienone is 2. The summed E-state index contributed by atoms with van der Waals surface area (Å²) in [5, 5.41) is 0. The molecule has 14 heavy (non-hydrogen) atoms. The first-order chi connectivity index (χ1) is 6.79. The first-order valence-electron chi connectivity index (χ1n) is 5.24. The van der Waals surface area contributed by atoms with Gasteiger partial charge < -0.3 is 4.74 Å². The van der Waals surface area contributed by atoms with Gasteiger partial charge in [0.1, 0.15) is 0 Å². The monoisotopic (exact) mass is 192 g/mol. The highest BCUT2D eigenvalue weighted by Crippen LogP contribution is 2.43. The van der Waals surface area contributed by atoms with E-state index in [1.165, 1.54) is 12.8 Å². The summed E-state index contributed by atoms with van der Waals surface area (Å²) in [6, 6.07) is 0. The molecular weight excluding hydrogens is 176 g/mol. The Bertz CT molecular complexity index is 267. The smallest absolute Gasteiger partial charge is 0.309 e. The maximum Gasteiger partial charge on any atom is 0.309 e. The Hall–Kier alpha value is -1.05. The van der Waals surface area contributed by atoms with Gasteiger partial charge in [0.2, 0.25) is 0 Å². The molecule has 3 atom stereocenters. The lowest BCUT2D eigenvalue weighted by molar-refractivity contribution is -0.144. The van der Waals surface area contributed by atoms with Crippen molar-refractivity contribution in [3.8, 4) is 0 Å². The first kappa shape index (κ1) is 9.50. The second kappa shape index (κ2) is 3.99. The fourth-order valence-electron chi connectivity index (χ4n) is 2.46. The van der Waals surface area contributed by atoms with Crippen molar-refractivity contribution < 1.29 is 9.53 Å². The SMILES string of the molecule is C=CCC(=O)OC[C@H]1C[C@H]2C=C[C@H]1C2. The van der Waals surface area contributed by atoms with Crippen LogP contribution in [-0.4, -0.2) is 12.6 Å². The van der Waals surface area contributed by atoms with Crippen LogP contribution in [0.4, 0.5) is 0 Å². The first-order valence-corrected chi connectivity index (χ1v) is 5.24. The molecule has 0 unspecified atom stereocenters. The van der Waals surface area contributed by atoms with Gasteiger partial charge in [0.15, 0.2) is 0 Å². The van der Waals surface area contributed by atoms with E-state index >= 15 is 0 Å². The second-order valence-corrected chi connectivity index (χ2v) is 4.22. The number of carbonyl (C=O) groups excluding carboxylic acids is 1. The Morgan fingerprint density at radius 1 is 1.50 bits per heavy atom. The van der Waals surface area contributed by atoms with E-state index in [0.717, 1.165) is 5.92 Å². The average molecular weight is 192 g/mol. The highest BCUT2D eigenvalue weighted by Gasteiger charge is 2.35. The summed E-state index contributed by atoms with van der Waals surface area (Å²) in [7, 11) is 0. The van der Waals surface area contributed by atoms with Crippen LogP contribution in [0.1, 0.15) is 19.3 Å². The third-order valence-electron chi connectivity index (χ3n) is 3.19. The van der Waals surface area contributed by atoms with Crippen LogP contribution in [0.2, 0.25) is 0 Å². The van der Waals surface area contributed by atoms with E-state index < -0.39 is 0 Å². The lowest BCUT2D eigenvalue weighted by atomic mass is 9.95. The number of carbonyl (C=O) groups is 1. The Morgan fingerprint density at radius 2 is 2.36 bits per heavy atom. The lowest BCUT2D eigenvalue weighted by Crippen LogP contribution is -2.17. The van der Waals surface area contributed by atoms with E-state index in [4.69, 9.17) is 4.74 Å². The van der Waals surface area contributed by atoms with Gasteiger partial charge in [-0.1, -0.05) is 18.2 Å². The summed E-state index contributed by atoms with van der Waals surface area (Å²) >= 11 is 0. The molecule has 2 bridgehead atoms. The maximum atomic E-state index is 11.1. The van der Waals surface area contributed by atoms with E-state index in [1.807, 2.05) is 0 Å². The molecule has 1 saturated carbocycles. The van der Waals surface area contributed by atoms with E-state index in [0.29, 0.717) is 24.9 Å². The maximum absolute atomic E-state index is 11.1. The standard InChI is InChI=1S/C12H16O2/c1-2-3-12(13)14-8-11-7-9-4-5-10(11)6-9/h2,4-5,9-11H,1,3,6-8H2/t9-,10-,11+/m0/s1. The molecule has 0 heterocycles. The summed E-state index contributed by atoms with van der Waals surface area (Å²) in [6.45, 7) is 4.10. The molecule has 0 N–H and O–H groups in total. The zero-order valence-corrected chi connectivity index (χ0v) is 8.32. The van der Waals surface area contributed by atoms with Crippen LogP contribution in [0.25, 0.3) is 0 Å². The molecule has 0 aromatic rings. The normalized spacial score (nSPS) is 33.3. The van der Waals surface area contributed by atoms with Gasteiger partial charge in [-0.25, -0.2) is 0 Å². The highest BCUT2D eigenvalue weighted by atomic mass is 16.5. The second-order valence-electron chi connectivity index (χ2n) is 4.22. The zero-order chi connectivity index (χ0) is 9.97. The third kappa shape index (κ3) is 1.89. The van der Waals surface area contributed by atoms with Crippen molar-refractivity contribution in [1.29, 1.82) is 0 Å². The van der Waals surface area contributed by atoms with Gasteiger partial charge in [0.25, 0.3) is 0 Å². The summed E-state index contributed by atoms with van der Waals surface area (Å²) in [5.41, 5.74) is 0. The molecule has 2 aliphatic rings. The van der Waals surface area contributed by atoms with Crippen LogP contribution in [0.3, 0.4) is 0 Å². The van der Waals surface area contributed by atoms with Crippen LogP contribution < -0.4 is 0 Å². The van der Waals surface area contributed by atoms with Crippen molar-refractivity contribution in [2.45, 2.75) is 19.3 Å². The molecule has 2 rings (SSSR count). The van der Waals surface area contributed by atoms with Crippen LogP contribution in [0, 0.1) is 17.8 Å². The van der Waals surface area contributed by atoms with Gasteiger partial charge in [-0.3, -0.25) is 4.79 Å². The fourth-order valence-corrected chi connectivity index (χ4v) is 2.46. The molecule has 0 amide bonds. The van der Waals surface area contributed by atoms with Crippen LogP contribution in [0.5, 0.6) is 0 Å². The fraction of sp³-hybridized carbons (Fsp3) is 0.583. The number of hydrogen-bond donors (Lipinski definition) is 0. The van der Waals surface area contributed by atoms with Crippen LogP contribution in [0.15, 0.2) is 24.8 Å². The van der Waals surface area contributed by atoms with Crippen molar-refractivity contribution in [3.63, 3.8) is 0 Å². The van der Waals surface area contributed by atoms with Gasteiger partial charge in [0, 0.05) is 0 Å². The van der Waals surface area contributed by atoms with Crippen molar-refractivity contribution in [3.05, 3.63) is 24.8 Å². The summed E-state index contributed by atoms with van der Waals surface area (Å²) in [5.74, 6) is 1.84. The molecule has 0 saturated heterocycles. The van der Waals surface area contributed by atoms with E-state index in [1.54, 1.807) is 6.08 Å². The minimum absolute atomic E-state index is 0.147. The van der Waals surface area contributed by atoms with E-state index in [-0.39, 0.29) is 5.97 Å². The summed E-state index contributed by atoms with van der Waals surface area (Å²) < 4.78 is 5.17. The number of fused-ring (bicyclic) bond motifs is 2. The predicted octanol–water partition coefficient (Wildman–Crippen LogP) is 2.32. The molecule has 0 aromatic carbocycles. The van der Waals surface area contributed by atoms with Gasteiger partial charge in [-0.05, 0) is 30.6 Å². The molecular formula is C12H16O2. The molecule has 0 aromatic heterocycles. The Labute approximate surface area is 84.6 Å². The molecule has 2 nitrogen and oxygen atoms in total. The molecule has 2 aliphatic carbocycles. The Morgan fingerprint density at radius 3 is 2.93 bits per heavy atom. The molecule has 2 heteroatoms. The Kier molecular flexibility index (Phi) is 2.71. The minimum Gasteiger partial charge on any atom is -0.465 e. The Balaban J connectivity index is 1.74. The van der Waals surface area contributed by atoms with Crippen molar-refractivity contribution in [1.82, 2.24) is 0 Å². The van der Waals surface area contributed by atoms with Gasteiger partial charge in [0.05, 0.1) is 13.0 Å². The van der Waals surface area contributed by atoms with Crippen molar-refractivity contribution in [2.75, 3.05) is 6.61 Å². The van der Waals surface area contributed by atoms with Crippen molar-refractivity contribution in [2.24, 2.45) is 17.8 Å². The molecule has 1 fully saturated rings. The van der Waals surface area contributed by atoms with E-state index in [9.17, 15) is 4.79 Å². The van der Waals surface area contributed by atoms with Gasteiger partial charge in [-0.15, -0.1) is 6.58 Å². The zero-order valence-electron chi connectivity index (χ0n) is 8.32. The van der Waals surface area contributed by atoms with Crippen LogP contribution >= 0.6 is 0 Å². The molecule has 0 radical (unpaired) electrons. The number of rotatable bonds is 4. The highest BCUT2D eigenvalue weighted by molar-refractivity contribution is 5.70. The predicted molar refractivity (Wildman–Crippen MR) is 54.6 cm³/mol. The quantitative estimate of drug-likeness (QED) is 0.504. The van der Waals surface area contributed by atoms with Crippen molar-refractivity contribution >= 4 is 5.97 Å². The average Bonchev–Trinajstić information content (AvgIpc) is 2.76. The third-order valence-corrected chi connectivity index (χ3v) is 3.19. The summed E-state index contributed by atoms with van der Waals surface area (Å²) in [4.78, 5) is 11.1. The van der Waals surface area contributed by atoms with E-state index in [2.05, 4.69) is 18.7 Å². The summed E-state index contributed by atoms with van der Waals surface area (Å²) in [6.07, 6.45) is 8.96. The number of hydrogen-bond acceptors (Lipinski definition) is 2. The minimum atomic E-state index is -0.147. The lowest BCUT2D eigenvalue weighted by Gasteiger charge is -2.17.